The summed E-state index contributed by atoms with van der Waals surface area (Å²) in [5.74, 6) is -0.0702. The highest BCUT2D eigenvalue weighted by Crippen LogP contribution is 2.30. The first-order chi connectivity index (χ1) is 16.7. The van der Waals surface area contributed by atoms with Crippen LogP contribution in [-0.2, 0) is 35.2 Å². The second kappa shape index (κ2) is 10.1. The number of alkyl halides is 3. The molecule has 10 heteroatoms. The SMILES string of the molecule is COCCc1nc(-c2ccc(C(F)(F)F)cc2)ncc1COc1ccc2[nH]cc(CC(=O)O)c2c1. The summed E-state index contributed by atoms with van der Waals surface area (Å²) >= 11 is 0. The first kappa shape index (κ1) is 24.2. The molecule has 0 fully saturated rings. The third kappa shape index (κ3) is 5.78. The van der Waals surface area contributed by atoms with Crippen LogP contribution in [-0.4, -0.2) is 39.7 Å². The van der Waals surface area contributed by atoms with Gasteiger partial charge >= 0.3 is 12.1 Å². The van der Waals surface area contributed by atoms with Gasteiger partial charge in [-0.3, -0.25) is 4.79 Å². The lowest BCUT2D eigenvalue weighted by Crippen LogP contribution is -2.08. The molecular weight excluding hydrogens is 463 g/mol. The Bertz CT molecular complexity index is 1330. The number of rotatable bonds is 9. The molecule has 0 aliphatic carbocycles. The number of aliphatic carboxylic acids is 1. The first-order valence-electron chi connectivity index (χ1n) is 10.7. The standard InChI is InChI=1S/C25H22F3N3O4/c1-34-9-8-21-17(13-30-24(31-21)15-2-4-18(5-3-15)25(26,27)28)14-35-19-6-7-22-20(11-19)16(12-29-22)10-23(32)33/h2-7,11-13,29H,8-10,14H2,1H3,(H,32,33). The first-order valence-corrected chi connectivity index (χ1v) is 10.7. The smallest absolute Gasteiger partial charge is 0.416 e. The van der Waals surface area contributed by atoms with Gasteiger partial charge in [0.05, 0.1) is 24.3 Å². The minimum Gasteiger partial charge on any atom is -0.489 e. The molecule has 2 aromatic carbocycles. The van der Waals surface area contributed by atoms with E-state index in [2.05, 4.69) is 15.0 Å². The summed E-state index contributed by atoms with van der Waals surface area (Å²) in [6, 6.07) is 10.0. The van der Waals surface area contributed by atoms with E-state index in [1.807, 2.05) is 6.07 Å². The third-order valence-electron chi connectivity index (χ3n) is 5.44. The van der Waals surface area contributed by atoms with Crippen molar-refractivity contribution in [2.75, 3.05) is 13.7 Å². The molecule has 0 amide bonds. The Balaban J connectivity index is 1.56. The number of aromatic amines is 1. The van der Waals surface area contributed by atoms with Crippen LogP contribution in [0, 0.1) is 0 Å². The van der Waals surface area contributed by atoms with E-state index in [1.54, 1.807) is 31.6 Å². The Hall–Kier alpha value is -3.92. The molecule has 0 atom stereocenters. The second-order valence-corrected chi connectivity index (χ2v) is 7.86. The molecule has 2 N–H and O–H groups in total. The number of hydrogen-bond donors (Lipinski definition) is 2. The van der Waals surface area contributed by atoms with Gasteiger partial charge in [0.25, 0.3) is 0 Å². The number of benzene rings is 2. The molecule has 0 bridgehead atoms. The largest absolute Gasteiger partial charge is 0.489 e. The van der Waals surface area contributed by atoms with E-state index in [0.29, 0.717) is 47.0 Å². The fourth-order valence-corrected chi connectivity index (χ4v) is 3.64. The number of aromatic nitrogens is 3. The van der Waals surface area contributed by atoms with Crippen molar-refractivity contribution < 1.29 is 32.5 Å². The van der Waals surface area contributed by atoms with Crippen LogP contribution in [0.25, 0.3) is 22.3 Å². The number of fused-ring (bicyclic) bond motifs is 1. The number of hydrogen-bond acceptors (Lipinski definition) is 5. The zero-order chi connectivity index (χ0) is 25.0. The Morgan fingerprint density at radius 3 is 2.57 bits per heavy atom. The number of carbonyl (C=O) groups is 1. The maximum atomic E-state index is 12.9. The highest BCUT2D eigenvalue weighted by molar-refractivity contribution is 5.88. The molecule has 0 saturated carbocycles. The van der Waals surface area contributed by atoms with Crippen molar-refractivity contribution in [3.8, 4) is 17.1 Å². The van der Waals surface area contributed by atoms with Crippen LogP contribution in [0.3, 0.4) is 0 Å². The van der Waals surface area contributed by atoms with E-state index in [4.69, 9.17) is 14.6 Å². The van der Waals surface area contributed by atoms with Crippen LogP contribution < -0.4 is 4.74 Å². The van der Waals surface area contributed by atoms with Crippen molar-refractivity contribution in [2.24, 2.45) is 0 Å². The number of nitrogens with one attached hydrogen (secondary N) is 1. The summed E-state index contributed by atoms with van der Waals surface area (Å²) in [4.78, 5) is 23.0. The summed E-state index contributed by atoms with van der Waals surface area (Å²) in [6.07, 6.45) is -0.800. The maximum absolute atomic E-state index is 12.9. The normalized spacial score (nSPS) is 11.7. The van der Waals surface area contributed by atoms with Crippen LogP contribution in [0.4, 0.5) is 13.2 Å². The number of carboxylic acid groups (broad SMARTS) is 1. The number of methoxy groups -OCH3 is 1. The van der Waals surface area contributed by atoms with E-state index < -0.39 is 17.7 Å². The van der Waals surface area contributed by atoms with Gasteiger partial charge in [-0.15, -0.1) is 0 Å². The van der Waals surface area contributed by atoms with Crippen LogP contribution in [0.2, 0.25) is 0 Å². The van der Waals surface area contributed by atoms with Gasteiger partial charge in [0.1, 0.15) is 12.4 Å². The molecule has 2 heterocycles. The van der Waals surface area contributed by atoms with Crippen molar-refractivity contribution in [3.05, 3.63) is 77.2 Å². The molecule has 0 radical (unpaired) electrons. The van der Waals surface area contributed by atoms with Crippen LogP contribution in [0.1, 0.15) is 22.4 Å². The Morgan fingerprint density at radius 2 is 1.89 bits per heavy atom. The number of ether oxygens (including phenoxy) is 2. The summed E-state index contributed by atoms with van der Waals surface area (Å²) in [7, 11) is 1.56. The Kier molecular flexibility index (Phi) is 7.02. The number of nitrogens with zero attached hydrogens (tertiary/aromatic N) is 2. The van der Waals surface area contributed by atoms with Gasteiger partial charge in [0.15, 0.2) is 5.82 Å². The fourth-order valence-electron chi connectivity index (χ4n) is 3.64. The van der Waals surface area contributed by atoms with E-state index in [0.717, 1.165) is 23.0 Å². The average Bonchev–Trinajstić information content (AvgIpc) is 3.22. The summed E-state index contributed by atoms with van der Waals surface area (Å²) in [6.45, 7) is 0.543. The van der Waals surface area contributed by atoms with E-state index in [1.165, 1.54) is 12.1 Å². The maximum Gasteiger partial charge on any atom is 0.416 e. The molecule has 2 aromatic heterocycles. The van der Waals surface area contributed by atoms with Crippen molar-refractivity contribution in [2.45, 2.75) is 25.6 Å². The van der Waals surface area contributed by atoms with Crippen molar-refractivity contribution >= 4 is 16.9 Å². The minimum atomic E-state index is -4.41. The molecule has 182 valence electrons. The van der Waals surface area contributed by atoms with Crippen molar-refractivity contribution in [3.63, 3.8) is 0 Å². The Labute approximate surface area is 198 Å². The van der Waals surface area contributed by atoms with E-state index in [9.17, 15) is 18.0 Å². The van der Waals surface area contributed by atoms with Gasteiger partial charge in [-0.25, -0.2) is 9.97 Å². The van der Waals surface area contributed by atoms with Gasteiger partial charge in [-0.1, -0.05) is 12.1 Å². The van der Waals surface area contributed by atoms with Crippen LogP contribution >= 0.6 is 0 Å². The van der Waals surface area contributed by atoms with Gasteiger partial charge in [0, 0.05) is 48.0 Å². The summed E-state index contributed by atoms with van der Waals surface area (Å²) in [5, 5.41) is 9.86. The average molecular weight is 485 g/mol. The predicted molar refractivity (Wildman–Crippen MR) is 122 cm³/mol. The molecule has 0 aliphatic rings. The lowest BCUT2D eigenvalue weighted by Gasteiger charge is -2.12. The van der Waals surface area contributed by atoms with Gasteiger partial charge in [0.2, 0.25) is 0 Å². The van der Waals surface area contributed by atoms with E-state index in [-0.39, 0.29) is 13.0 Å². The zero-order valence-electron chi connectivity index (χ0n) is 18.7. The Morgan fingerprint density at radius 1 is 1.11 bits per heavy atom. The molecule has 0 aliphatic heterocycles. The molecule has 4 aromatic rings. The number of halogens is 3. The monoisotopic (exact) mass is 485 g/mol. The quantitative estimate of drug-likeness (QED) is 0.345. The van der Waals surface area contributed by atoms with Crippen molar-refractivity contribution in [1.29, 1.82) is 0 Å². The highest BCUT2D eigenvalue weighted by Gasteiger charge is 2.30. The van der Waals surface area contributed by atoms with Gasteiger partial charge in [-0.05, 0) is 35.9 Å². The lowest BCUT2D eigenvalue weighted by molar-refractivity contribution is -0.138. The van der Waals surface area contributed by atoms with Crippen LogP contribution in [0.15, 0.2) is 54.9 Å². The molecule has 0 saturated heterocycles. The predicted octanol–water partition coefficient (Wildman–Crippen LogP) is 5.04. The van der Waals surface area contributed by atoms with Gasteiger partial charge < -0.3 is 19.6 Å². The molecular formula is C25H22F3N3O4. The molecule has 0 unspecified atom stereocenters. The molecule has 7 nitrogen and oxygen atoms in total. The lowest BCUT2D eigenvalue weighted by atomic mass is 10.1. The highest BCUT2D eigenvalue weighted by atomic mass is 19.4. The minimum absolute atomic E-state index is 0.107. The third-order valence-corrected chi connectivity index (χ3v) is 5.44. The van der Waals surface area contributed by atoms with E-state index >= 15 is 0 Å². The molecule has 4 rings (SSSR count). The molecule has 0 spiro atoms. The second-order valence-electron chi connectivity index (χ2n) is 7.86. The summed E-state index contributed by atoms with van der Waals surface area (Å²) < 4.78 is 49.7. The number of H-pyrrole nitrogens is 1. The summed E-state index contributed by atoms with van der Waals surface area (Å²) in [5.41, 5.74) is 2.55. The number of carboxylic acids is 1. The fraction of sp³-hybridized carbons (Fsp3) is 0.240. The van der Waals surface area contributed by atoms with Crippen LogP contribution in [0.5, 0.6) is 5.75 Å². The van der Waals surface area contributed by atoms with Crippen molar-refractivity contribution in [1.82, 2.24) is 15.0 Å². The molecule has 35 heavy (non-hydrogen) atoms. The van der Waals surface area contributed by atoms with Gasteiger partial charge in [-0.2, -0.15) is 13.2 Å². The topological polar surface area (TPSA) is 97.3 Å². The zero-order valence-corrected chi connectivity index (χ0v) is 18.7.